The molecule has 0 aromatic carbocycles. The Labute approximate surface area is 113 Å². The van der Waals surface area contributed by atoms with E-state index in [4.69, 9.17) is 10.5 Å². The summed E-state index contributed by atoms with van der Waals surface area (Å²) >= 11 is 0. The Morgan fingerprint density at radius 2 is 2.22 bits per heavy atom. The van der Waals surface area contributed by atoms with Crippen LogP contribution in [0.25, 0.3) is 0 Å². The highest BCUT2D eigenvalue weighted by Gasteiger charge is 2.27. The maximum Gasteiger partial charge on any atom is 0.242 e. The number of morpholine rings is 1. The molecule has 6 nitrogen and oxygen atoms in total. The number of nitrogens with zero attached hydrogens (tertiary/aromatic N) is 2. The van der Waals surface area contributed by atoms with E-state index in [0.29, 0.717) is 39.2 Å². The number of amides is 2. The third kappa shape index (κ3) is 3.57. The van der Waals surface area contributed by atoms with Gasteiger partial charge in [-0.15, -0.1) is 12.4 Å². The molecule has 0 radical (unpaired) electrons. The number of halogens is 1. The summed E-state index contributed by atoms with van der Waals surface area (Å²) in [7, 11) is 0. The van der Waals surface area contributed by atoms with E-state index in [1.54, 1.807) is 9.80 Å². The molecule has 0 saturated carbocycles. The first-order valence-corrected chi connectivity index (χ1v) is 6.08. The minimum atomic E-state index is -0.0676. The number of carbonyl (C=O) groups excluding carboxylic acids is 2. The molecule has 2 amide bonds. The molecular weight excluding hydrogens is 258 g/mol. The molecule has 2 aliphatic rings. The Balaban J connectivity index is 0.00000162. The Morgan fingerprint density at radius 3 is 2.83 bits per heavy atom. The second-order valence-corrected chi connectivity index (χ2v) is 4.49. The zero-order chi connectivity index (χ0) is 12.3. The Hall–Kier alpha value is -0.850. The quantitative estimate of drug-likeness (QED) is 0.734. The molecule has 0 aliphatic carbocycles. The second-order valence-electron chi connectivity index (χ2n) is 4.49. The van der Waals surface area contributed by atoms with Crippen LogP contribution in [0, 0.1) is 0 Å². The van der Waals surface area contributed by atoms with E-state index in [9.17, 15) is 9.59 Å². The van der Waals surface area contributed by atoms with Gasteiger partial charge >= 0.3 is 0 Å². The zero-order valence-corrected chi connectivity index (χ0v) is 11.2. The predicted octanol–water partition coefficient (Wildman–Crippen LogP) is -0.783. The minimum Gasteiger partial charge on any atom is -0.373 e. The standard InChI is InChI=1S/C11H19N3O3.ClH/c12-6-9-7-14(4-5-17-9)11(16)8-13-3-1-2-10(13)15;/h9H,1-8,12H2;1H. The summed E-state index contributed by atoms with van der Waals surface area (Å²) in [6.45, 7) is 2.99. The lowest BCUT2D eigenvalue weighted by Gasteiger charge is -2.33. The smallest absolute Gasteiger partial charge is 0.242 e. The average Bonchev–Trinajstić information content (AvgIpc) is 2.75. The first-order chi connectivity index (χ1) is 8.20. The van der Waals surface area contributed by atoms with Gasteiger partial charge in [0.05, 0.1) is 19.3 Å². The lowest BCUT2D eigenvalue weighted by molar-refractivity contribution is -0.143. The third-order valence-corrected chi connectivity index (χ3v) is 3.25. The van der Waals surface area contributed by atoms with Gasteiger partial charge in [-0.25, -0.2) is 0 Å². The Kier molecular flexibility index (Phi) is 5.84. The van der Waals surface area contributed by atoms with Crippen molar-refractivity contribution in [2.24, 2.45) is 5.73 Å². The van der Waals surface area contributed by atoms with Crippen LogP contribution in [0.3, 0.4) is 0 Å². The van der Waals surface area contributed by atoms with Crippen molar-refractivity contribution < 1.29 is 14.3 Å². The van der Waals surface area contributed by atoms with Gasteiger partial charge in [-0.3, -0.25) is 9.59 Å². The molecule has 0 aromatic rings. The summed E-state index contributed by atoms with van der Waals surface area (Å²) in [4.78, 5) is 26.8. The molecule has 18 heavy (non-hydrogen) atoms. The van der Waals surface area contributed by atoms with Crippen LogP contribution in [0.1, 0.15) is 12.8 Å². The van der Waals surface area contributed by atoms with Gasteiger partial charge in [-0.2, -0.15) is 0 Å². The molecule has 0 spiro atoms. The van der Waals surface area contributed by atoms with Gasteiger partial charge in [0.25, 0.3) is 0 Å². The maximum absolute atomic E-state index is 12.0. The number of carbonyl (C=O) groups is 2. The molecule has 2 heterocycles. The summed E-state index contributed by atoms with van der Waals surface area (Å²) in [6, 6.07) is 0. The van der Waals surface area contributed by atoms with Crippen LogP contribution in [0.5, 0.6) is 0 Å². The molecule has 2 rings (SSSR count). The summed E-state index contributed by atoms with van der Waals surface area (Å²) in [5.41, 5.74) is 5.52. The van der Waals surface area contributed by atoms with E-state index in [-0.39, 0.29) is 36.9 Å². The van der Waals surface area contributed by atoms with Gasteiger partial charge in [0, 0.05) is 32.6 Å². The molecule has 1 atom stereocenters. The molecule has 2 saturated heterocycles. The fourth-order valence-corrected chi connectivity index (χ4v) is 2.22. The molecule has 0 aromatic heterocycles. The van der Waals surface area contributed by atoms with Gasteiger partial charge in [-0.05, 0) is 6.42 Å². The van der Waals surface area contributed by atoms with Gasteiger partial charge in [0.2, 0.25) is 11.8 Å². The molecule has 104 valence electrons. The third-order valence-electron chi connectivity index (χ3n) is 3.25. The number of likely N-dealkylation sites (tertiary alicyclic amines) is 1. The molecule has 2 fully saturated rings. The van der Waals surface area contributed by atoms with Crippen LogP contribution in [-0.2, 0) is 14.3 Å². The summed E-state index contributed by atoms with van der Waals surface area (Å²) in [5.74, 6) is 0.0870. The van der Waals surface area contributed by atoms with Crippen molar-refractivity contribution in [2.45, 2.75) is 18.9 Å². The predicted molar refractivity (Wildman–Crippen MR) is 68.4 cm³/mol. The molecule has 0 bridgehead atoms. The largest absolute Gasteiger partial charge is 0.373 e. The van der Waals surface area contributed by atoms with Crippen molar-refractivity contribution in [1.29, 1.82) is 0 Å². The van der Waals surface area contributed by atoms with E-state index >= 15 is 0 Å². The minimum absolute atomic E-state index is 0. The van der Waals surface area contributed by atoms with Crippen LogP contribution >= 0.6 is 12.4 Å². The lowest BCUT2D eigenvalue weighted by atomic mass is 10.2. The number of rotatable bonds is 3. The lowest BCUT2D eigenvalue weighted by Crippen LogP contribution is -2.51. The Bertz CT molecular complexity index is 314. The summed E-state index contributed by atoms with van der Waals surface area (Å²) in [6.07, 6.45) is 1.37. The second kappa shape index (κ2) is 6.92. The first-order valence-electron chi connectivity index (χ1n) is 6.08. The molecule has 7 heteroatoms. The normalized spacial score (nSPS) is 24.1. The van der Waals surface area contributed by atoms with E-state index < -0.39 is 0 Å². The van der Waals surface area contributed by atoms with Gasteiger partial charge in [0.15, 0.2) is 0 Å². The molecule has 2 N–H and O–H groups in total. The van der Waals surface area contributed by atoms with E-state index in [0.717, 1.165) is 6.42 Å². The topological polar surface area (TPSA) is 75.9 Å². The van der Waals surface area contributed by atoms with Gasteiger partial charge < -0.3 is 20.3 Å². The monoisotopic (exact) mass is 277 g/mol. The van der Waals surface area contributed by atoms with Crippen LogP contribution in [0.2, 0.25) is 0 Å². The van der Waals surface area contributed by atoms with Crippen molar-refractivity contribution in [1.82, 2.24) is 9.80 Å². The Morgan fingerprint density at radius 1 is 1.44 bits per heavy atom. The van der Waals surface area contributed by atoms with Crippen molar-refractivity contribution in [3.8, 4) is 0 Å². The van der Waals surface area contributed by atoms with Crippen molar-refractivity contribution in [3.05, 3.63) is 0 Å². The highest BCUT2D eigenvalue weighted by Crippen LogP contribution is 2.11. The zero-order valence-electron chi connectivity index (χ0n) is 10.3. The average molecular weight is 278 g/mol. The summed E-state index contributed by atoms with van der Waals surface area (Å²) < 4.78 is 5.40. The molecule has 1 unspecified atom stereocenters. The van der Waals surface area contributed by atoms with Crippen LogP contribution in [-0.4, -0.2) is 67.0 Å². The summed E-state index contributed by atoms with van der Waals surface area (Å²) in [5, 5.41) is 0. The highest BCUT2D eigenvalue weighted by molar-refractivity contribution is 5.86. The van der Waals surface area contributed by atoms with Crippen LogP contribution < -0.4 is 5.73 Å². The SMILES string of the molecule is Cl.NCC1CN(C(=O)CN2CCCC2=O)CCO1. The number of hydrogen-bond acceptors (Lipinski definition) is 4. The van der Waals surface area contributed by atoms with Crippen molar-refractivity contribution >= 4 is 24.2 Å². The van der Waals surface area contributed by atoms with E-state index in [2.05, 4.69) is 0 Å². The number of nitrogens with two attached hydrogens (primary N) is 1. The highest BCUT2D eigenvalue weighted by atomic mass is 35.5. The van der Waals surface area contributed by atoms with Crippen LogP contribution in [0.15, 0.2) is 0 Å². The van der Waals surface area contributed by atoms with E-state index in [1.165, 1.54) is 0 Å². The van der Waals surface area contributed by atoms with Crippen LogP contribution in [0.4, 0.5) is 0 Å². The maximum atomic E-state index is 12.0. The van der Waals surface area contributed by atoms with Crippen molar-refractivity contribution in [3.63, 3.8) is 0 Å². The fraction of sp³-hybridized carbons (Fsp3) is 0.818. The van der Waals surface area contributed by atoms with E-state index in [1.807, 2.05) is 0 Å². The number of hydrogen-bond donors (Lipinski definition) is 1. The number of ether oxygens (including phenoxy) is 1. The van der Waals surface area contributed by atoms with Crippen molar-refractivity contribution in [2.75, 3.05) is 39.3 Å². The fourth-order valence-electron chi connectivity index (χ4n) is 2.22. The molecular formula is C11H20ClN3O3. The molecule has 2 aliphatic heterocycles. The van der Waals surface area contributed by atoms with Gasteiger partial charge in [-0.1, -0.05) is 0 Å². The van der Waals surface area contributed by atoms with Gasteiger partial charge in [0.1, 0.15) is 0 Å². The first kappa shape index (κ1) is 15.2.